The molecule has 0 unspecified atom stereocenters. The molecule has 146 valence electrons. The summed E-state index contributed by atoms with van der Waals surface area (Å²) in [5, 5.41) is 4.17. The van der Waals surface area contributed by atoms with Crippen LogP contribution in [0.1, 0.15) is 23.6 Å². The fourth-order valence-corrected chi connectivity index (χ4v) is 3.99. The second kappa shape index (κ2) is 7.46. The normalized spacial score (nSPS) is 15.3. The smallest absolute Gasteiger partial charge is 0.240 e. The summed E-state index contributed by atoms with van der Waals surface area (Å²) in [7, 11) is 4.91. The van der Waals surface area contributed by atoms with Gasteiger partial charge in [-0.25, -0.2) is 0 Å². The van der Waals surface area contributed by atoms with E-state index in [9.17, 15) is 4.79 Å². The highest BCUT2D eigenvalue weighted by molar-refractivity contribution is 5.88. The molecular weight excluding hydrogens is 356 g/mol. The van der Waals surface area contributed by atoms with E-state index in [0.717, 1.165) is 40.8 Å². The first kappa shape index (κ1) is 18.2. The minimum absolute atomic E-state index is 0.0151. The van der Waals surface area contributed by atoms with Crippen molar-refractivity contribution in [1.29, 1.82) is 0 Å². The number of aryl methyl sites for hydroxylation is 1. The van der Waals surface area contributed by atoms with Gasteiger partial charge in [0, 0.05) is 11.6 Å². The number of carbonyl (C=O) groups excluding carboxylic acids is 1. The Morgan fingerprint density at radius 3 is 2.57 bits per heavy atom. The predicted molar refractivity (Wildman–Crippen MR) is 107 cm³/mol. The lowest BCUT2D eigenvalue weighted by Gasteiger charge is -2.17. The Morgan fingerprint density at radius 1 is 1.07 bits per heavy atom. The third-order valence-electron chi connectivity index (χ3n) is 5.37. The molecular formula is C22H24N2O4. The average Bonchev–Trinajstić information content (AvgIpc) is 3.30. The molecule has 0 fully saturated rings. The van der Waals surface area contributed by atoms with Crippen molar-refractivity contribution in [1.82, 2.24) is 9.88 Å². The van der Waals surface area contributed by atoms with Crippen LogP contribution in [0.5, 0.6) is 17.2 Å². The highest BCUT2D eigenvalue weighted by Gasteiger charge is 2.26. The second-order valence-corrected chi connectivity index (χ2v) is 6.90. The van der Waals surface area contributed by atoms with Crippen LogP contribution in [-0.2, 0) is 17.8 Å². The van der Waals surface area contributed by atoms with E-state index >= 15 is 0 Å². The summed E-state index contributed by atoms with van der Waals surface area (Å²) in [5.41, 5.74) is 3.27. The van der Waals surface area contributed by atoms with Crippen molar-refractivity contribution in [3.05, 3.63) is 53.7 Å². The van der Waals surface area contributed by atoms with Gasteiger partial charge in [-0.3, -0.25) is 4.79 Å². The summed E-state index contributed by atoms with van der Waals surface area (Å²) in [6.45, 7) is 0.260. The van der Waals surface area contributed by atoms with Gasteiger partial charge in [0.2, 0.25) is 5.91 Å². The summed E-state index contributed by atoms with van der Waals surface area (Å²) in [4.78, 5) is 12.7. The van der Waals surface area contributed by atoms with Crippen LogP contribution in [0.15, 0.2) is 42.6 Å². The molecule has 28 heavy (non-hydrogen) atoms. The summed E-state index contributed by atoms with van der Waals surface area (Å²) < 4.78 is 18.1. The Morgan fingerprint density at radius 2 is 1.82 bits per heavy atom. The molecule has 0 saturated heterocycles. The van der Waals surface area contributed by atoms with Gasteiger partial charge in [0.25, 0.3) is 0 Å². The highest BCUT2D eigenvalue weighted by atomic mass is 16.5. The van der Waals surface area contributed by atoms with Gasteiger partial charge in [0.1, 0.15) is 12.3 Å². The number of nitrogens with zero attached hydrogens (tertiary/aromatic N) is 1. The molecule has 1 aliphatic rings. The third-order valence-corrected chi connectivity index (χ3v) is 5.37. The fraction of sp³-hybridized carbons (Fsp3) is 0.318. The maximum absolute atomic E-state index is 12.7. The molecule has 6 heteroatoms. The zero-order valence-corrected chi connectivity index (χ0v) is 16.3. The van der Waals surface area contributed by atoms with E-state index in [-0.39, 0.29) is 18.5 Å². The first-order valence-electron chi connectivity index (χ1n) is 9.30. The van der Waals surface area contributed by atoms with Gasteiger partial charge in [0.05, 0.1) is 32.9 Å². The van der Waals surface area contributed by atoms with Gasteiger partial charge >= 0.3 is 0 Å². The molecule has 3 aromatic rings. The Balaban J connectivity index is 1.52. The van der Waals surface area contributed by atoms with Gasteiger partial charge in [-0.1, -0.05) is 6.07 Å². The lowest BCUT2D eigenvalue weighted by molar-refractivity contribution is -0.122. The minimum atomic E-state index is -0.0204. The number of aromatic nitrogens is 1. The topological polar surface area (TPSA) is 61.7 Å². The van der Waals surface area contributed by atoms with E-state index in [1.165, 1.54) is 5.56 Å². The third kappa shape index (κ3) is 3.15. The van der Waals surface area contributed by atoms with Crippen molar-refractivity contribution >= 4 is 16.8 Å². The van der Waals surface area contributed by atoms with Crippen molar-refractivity contribution in [2.75, 3.05) is 21.3 Å². The minimum Gasteiger partial charge on any atom is -0.496 e. The van der Waals surface area contributed by atoms with E-state index in [0.29, 0.717) is 5.75 Å². The van der Waals surface area contributed by atoms with Gasteiger partial charge in [-0.2, -0.15) is 0 Å². The molecule has 6 nitrogen and oxygen atoms in total. The summed E-state index contributed by atoms with van der Waals surface area (Å²) >= 11 is 0. The number of nitrogens with one attached hydrogen (secondary N) is 1. The number of ether oxygens (including phenoxy) is 3. The largest absolute Gasteiger partial charge is 0.496 e. The predicted octanol–water partition coefficient (Wildman–Crippen LogP) is 3.47. The summed E-state index contributed by atoms with van der Waals surface area (Å²) in [6.07, 6.45) is 3.70. The molecule has 4 rings (SSSR count). The maximum atomic E-state index is 12.7. The molecule has 0 radical (unpaired) electrons. The lowest BCUT2D eigenvalue weighted by atomic mass is 10.1. The summed E-state index contributed by atoms with van der Waals surface area (Å²) in [6, 6.07) is 11.8. The lowest BCUT2D eigenvalue weighted by Crippen LogP contribution is -2.30. The number of hydrogen-bond donors (Lipinski definition) is 1. The molecule has 1 amide bonds. The molecule has 1 atom stereocenters. The Labute approximate surface area is 164 Å². The van der Waals surface area contributed by atoms with Crippen LogP contribution in [0.25, 0.3) is 10.9 Å². The van der Waals surface area contributed by atoms with Crippen LogP contribution in [0, 0.1) is 0 Å². The van der Waals surface area contributed by atoms with Crippen LogP contribution >= 0.6 is 0 Å². The number of benzene rings is 2. The number of amides is 1. The molecule has 0 aliphatic heterocycles. The van der Waals surface area contributed by atoms with Crippen molar-refractivity contribution in [2.24, 2.45) is 0 Å². The second-order valence-electron chi connectivity index (χ2n) is 6.90. The molecule has 0 bridgehead atoms. The standard InChI is InChI=1S/C22H24N2O4/c1-26-19-6-4-5-18-15(19)9-10-24(18)13-22(25)23-17-8-7-14-11-20(27-2)21(28-3)12-16(14)17/h4-6,9-12,17H,7-8,13H2,1-3H3,(H,23,25)/t17-/m0/s1. The molecule has 1 heterocycles. The van der Waals surface area contributed by atoms with E-state index < -0.39 is 0 Å². The maximum Gasteiger partial charge on any atom is 0.240 e. The van der Waals surface area contributed by atoms with Crippen LogP contribution in [0.3, 0.4) is 0 Å². The van der Waals surface area contributed by atoms with Gasteiger partial charge in [-0.15, -0.1) is 0 Å². The quantitative estimate of drug-likeness (QED) is 0.711. The number of hydrogen-bond acceptors (Lipinski definition) is 4. The first-order chi connectivity index (χ1) is 13.6. The van der Waals surface area contributed by atoms with Crippen LogP contribution < -0.4 is 19.5 Å². The van der Waals surface area contributed by atoms with E-state index in [4.69, 9.17) is 14.2 Å². The Hall–Kier alpha value is -3.15. The monoisotopic (exact) mass is 380 g/mol. The first-order valence-corrected chi connectivity index (χ1v) is 9.30. The highest BCUT2D eigenvalue weighted by Crippen LogP contribution is 2.39. The van der Waals surface area contributed by atoms with Crippen LogP contribution in [0.4, 0.5) is 0 Å². The van der Waals surface area contributed by atoms with Crippen LogP contribution in [0.2, 0.25) is 0 Å². The van der Waals surface area contributed by atoms with E-state index in [1.807, 2.05) is 47.2 Å². The SMILES string of the molecule is COc1cc2c(cc1OC)[C@@H](NC(=O)Cn1ccc3c(OC)cccc31)CC2. The number of carbonyl (C=O) groups is 1. The van der Waals surface area contributed by atoms with Gasteiger partial charge in [-0.05, 0) is 54.3 Å². The van der Waals surface area contributed by atoms with Crippen molar-refractivity contribution < 1.29 is 19.0 Å². The fourth-order valence-electron chi connectivity index (χ4n) is 3.99. The average molecular weight is 380 g/mol. The van der Waals surface area contributed by atoms with E-state index in [1.54, 1.807) is 21.3 Å². The van der Waals surface area contributed by atoms with Gasteiger partial charge in [0.15, 0.2) is 11.5 Å². The van der Waals surface area contributed by atoms with Crippen LogP contribution in [-0.4, -0.2) is 31.8 Å². The number of rotatable bonds is 6. The molecule has 1 aliphatic carbocycles. The molecule has 0 saturated carbocycles. The Bertz CT molecular complexity index is 1020. The molecule has 0 spiro atoms. The van der Waals surface area contributed by atoms with Crippen molar-refractivity contribution in [3.8, 4) is 17.2 Å². The Kier molecular flexibility index (Phi) is 4.86. The van der Waals surface area contributed by atoms with Crippen molar-refractivity contribution in [3.63, 3.8) is 0 Å². The molecule has 1 aromatic heterocycles. The summed E-state index contributed by atoms with van der Waals surface area (Å²) in [5.74, 6) is 2.20. The van der Waals surface area contributed by atoms with Crippen molar-refractivity contribution in [2.45, 2.75) is 25.4 Å². The van der Waals surface area contributed by atoms with E-state index in [2.05, 4.69) is 5.32 Å². The molecule has 2 aromatic carbocycles. The molecule has 1 N–H and O–H groups in total. The number of methoxy groups -OCH3 is 3. The zero-order valence-electron chi connectivity index (χ0n) is 16.3. The number of fused-ring (bicyclic) bond motifs is 2. The van der Waals surface area contributed by atoms with Gasteiger partial charge < -0.3 is 24.1 Å². The zero-order chi connectivity index (χ0) is 19.7.